The number of hydrogen-bond donors (Lipinski definition) is 1. The van der Waals surface area contributed by atoms with Crippen LogP contribution in [0.25, 0.3) is 0 Å². The number of aliphatic hydroxyl groups is 1. The molecular weight excluding hydrogens is 184 g/mol. The molecule has 86 valence electrons. The van der Waals surface area contributed by atoms with Crippen molar-refractivity contribution >= 4 is 0 Å². The van der Waals surface area contributed by atoms with Gasteiger partial charge in [-0.3, -0.25) is 0 Å². The van der Waals surface area contributed by atoms with Crippen LogP contribution in [0.2, 0.25) is 0 Å². The van der Waals surface area contributed by atoms with Gasteiger partial charge in [-0.15, -0.1) is 0 Å². The molecule has 0 aromatic carbocycles. The second-order valence-electron chi connectivity index (χ2n) is 4.32. The van der Waals surface area contributed by atoms with E-state index in [1.54, 1.807) is 0 Å². The number of rotatable bonds is 7. The average Bonchev–Trinajstić information content (AvgIpc) is 2.17. The minimum atomic E-state index is 0.116. The zero-order valence-electron chi connectivity index (χ0n) is 10.3. The minimum absolute atomic E-state index is 0.116. The minimum Gasteiger partial charge on any atom is -0.392 e. The maximum absolute atomic E-state index is 8.77. The fraction of sp³-hybridized carbons (Fsp3) is 0.571. The van der Waals surface area contributed by atoms with Gasteiger partial charge in [-0.05, 0) is 46.5 Å². The van der Waals surface area contributed by atoms with Crippen LogP contribution in [0.5, 0.6) is 0 Å². The average molecular weight is 208 g/mol. The first-order chi connectivity index (χ1) is 7.06. The zero-order valence-corrected chi connectivity index (χ0v) is 10.3. The molecule has 0 rings (SSSR count). The lowest BCUT2D eigenvalue weighted by molar-refractivity contribution is 0.327. The van der Waals surface area contributed by atoms with Gasteiger partial charge in [-0.1, -0.05) is 35.5 Å². The van der Waals surface area contributed by atoms with Crippen LogP contribution < -0.4 is 0 Å². The van der Waals surface area contributed by atoms with Crippen molar-refractivity contribution < 1.29 is 5.11 Å². The fourth-order valence-corrected chi connectivity index (χ4v) is 1.29. The highest BCUT2D eigenvalue weighted by Gasteiger charge is 1.92. The second-order valence-corrected chi connectivity index (χ2v) is 4.32. The molecule has 0 spiro atoms. The van der Waals surface area contributed by atoms with Crippen molar-refractivity contribution in [3.8, 4) is 0 Å². The van der Waals surface area contributed by atoms with E-state index in [0.29, 0.717) is 0 Å². The SMILES string of the molecule is C=C(CO)CCC=C(C)CCC=C(C)C. The molecule has 15 heavy (non-hydrogen) atoms. The van der Waals surface area contributed by atoms with Gasteiger partial charge in [0.15, 0.2) is 0 Å². The van der Waals surface area contributed by atoms with Crippen LogP contribution in [0.15, 0.2) is 35.5 Å². The molecule has 0 aliphatic carbocycles. The van der Waals surface area contributed by atoms with Crippen molar-refractivity contribution in [1.82, 2.24) is 0 Å². The Morgan fingerprint density at radius 1 is 1.07 bits per heavy atom. The van der Waals surface area contributed by atoms with Crippen molar-refractivity contribution in [1.29, 1.82) is 0 Å². The molecule has 0 atom stereocenters. The van der Waals surface area contributed by atoms with E-state index in [9.17, 15) is 0 Å². The third kappa shape index (κ3) is 9.48. The maximum atomic E-state index is 8.77. The summed E-state index contributed by atoms with van der Waals surface area (Å²) in [6.45, 7) is 10.3. The topological polar surface area (TPSA) is 20.2 Å². The van der Waals surface area contributed by atoms with Gasteiger partial charge in [0.25, 0.3) is 0 Å². The highest BCUT2D eigenvalue weighted by atomic mass is 16.3. The standard InChI is InChI=1S/C14H24O/c1-12(2)7-5-8-13(3)9-6-10-14(4)11-15/h7,9,15H,4-6,8,10-11H2,1-3H3. The smallest absolute Gasteiger partial charge is 0.0639 e. The predicted molar refractivity (Wildman–Crippen MR) is 67.9 cm³/mol. The van der Waals surface area contributed by atoms with Crippen LogP contribution in [0.3, 0.4) is 0 Å². The first kappa shape index (κ1) is 14.2. The van der Waals surface area contributed by atoms with Gasteiger partial charge in [0.1, 0.15) is 0 Å². The molecule has 0 aromatic rings. The van der Waals surface area contributed by atoms with E-state index >= 15 is 0 Å². The molecule has 1 nitrogen and oxygen atoms in total. The number of hydrogen-bond acceptors (Lipinski definition) is 1. The maximum Gasteiger partial charge on any atom is 0.0639 e. The summed E-state index contributed by atoms with van der Waals surface area (Å²) in [5, 5.41) is 8.77. The van der Waals surface area contributed by atoms with E-state index in [0.717, 1.165) is 31.3 Å². The van der Waals surface area contributed by atoms with Crippen LogP contribution in [0, 0.1) is 0 Å². The molecule has 0 amide bonds. The third-order valence-electron chi connectivity index (χ3n) is 2.31. The molecule has 1 N–H and O–H groups in total. The molecule has 0 aliphatic heterocycles. The zero-order chi connectivity index (χ0) is 11.7. The summed E-state index contributed by atoms with van der Waals surface area (Å²) in [7, 11) is 0. The quantitative estimate of drug-likeness (QED) is 0.627. The largest absolute Gasteiger partial charge is 0.392 e. The highest BCUT2D eigenvalue weighted by Crippen LogP contribution is 2.10. The van der Waals surface area contributed by atoms with Crippen molar-refractivity contribution in [3.63, 3.8) is 0 Å². The van der Waals surface area contributed by atoms with Crippen LogP contribution in [-0.2, 0) is 0 Å². The van der Waals surface area contributed by atoms with Gasteiger partial charge in [0, 0.05) is 0 Å². The van der Waals surface area contributed by atoms with Crippen LogP contribution >= 0.6 is 0 Å². The van der Waals surface area contributed by atoms with Crippen molar-refractivity contribution in [3.05, 3.63) is 35.5 Å². The molecule has 0 aliphatic rings. The monoisotopic (exact) mass is 208 g/mol. The molecule has 1 heteroatoms. The first-order valence-electron chi connectivity index (χ1n) is 5.62. The van der Waals surface area contributed by atoms with Gasteiger partial charge in [0.2, 0.25) is 0 Å². The van der Waals surface area contributed by atoms with E-state index in [-0.39, 0.29) is 6.61 Å². The van der Waals surface area contributed by atoms with Crippen molar-refractivity contribution in [2.75, 3.05) is 6.61 Å². The summed E-state index contributed by atoms with van der Waals surface area (Å²) < 4.78 is 0. The normalized spacial score (nSPS) is 11.3. The number of allylic oxidation sites excluding steroid dienone is 4. The van der Waals surface area contributed by atoms with E-state index < -0.39 is 0 Å². The summed E-state index contributed by atoms with van der Waals surface area (Å²) in [6.07, 6.45) is 8.68. The molecule has 0 heterocycles. The Bertz CT molecular complexity index is 242. The summed E-state index contributed by atoms with van der Waals surface area (Å²) in [6, 6.07) is 0. The third-order valence-corrected chi connectivity index (χ3v) is 2.31. The van der Waals surface area contributed by atoms with Gasteiger partial charge in [-0.25, -0.2) is 0 Å². The molecule has 0 bridgehead atoms. The molecule has 0 saturated carbocycles. The molecule has 0 unspecified atom stereocenters. The number of aliphatic hydroxyl groups excluding tert-OH is 1. The fourth-order valence-electron chi connectivity index (χ4n) is 1.29. The Morgan fingerprint density at radius 2 is 1.67 bits per heavy atom. The molecule has 0 radical (unpaired) electrons. The summed E-state index contributed by atoms with van der Waals surface area (Å²) in [4.78, 5) is 0. The second kappa shape index (κ2) is 8.49. The lowest BCUT2D eigenvalue weighted by Gasteiger charge is -2.01. The van der Waals surface area contributed by atoms with E-state index in [4.69, 9.17) is 5.11 Å². The van der Waals surface area contributed by atoms with Crippen LogP contribution in [0.4, 0.5) is 0 Å². The Hall–Kier alpha value is -0.820. The van der Waals surface area contributed by atoms with Crippen LogP contribution in [-0.4, -0.2) is 11.7 Å². The van der Waals surface area contributed by atoms with E-state index in [2.05, 4.69) is 39.5 Å². The van der Waals surface area contributed by atoms with Gasteiger partial charge >= 0.3 is 0 Å². The summed E-state index contributed by atoms with van der Waals surface area (Å²) >= 11 is 0. The van der Waals surface area contributed by atoms with Crippen molar-refractivity contribution in [2.24, 2.45) is 0 Å². The van der Waals surface area contributed by atoms with Crippen LogP contribution in [0.1, 0.15) is 46.5 Å². The van der Waals surface area contributed by atoms with Crippen molar-refractivity contribution in [2.45, 2.75) is 46.5 Å². The predicted octanol–water partition coefficient (Wildman–Crippen LogP) is 4.01. The van der Waals surface area contributed by atoms with E-state index in [1.165, 1.54) is 11.1 Å². The molecule has 0 aromatic heterocycles. The van der Waals surface area contributed by atoms with Gasteiger partial charge in [0.05, 0.1) is 6.61 Å². The Kier molecular flexibility index (Phi) is 8.02. The summed E-state index contributed by atoms with van der Waals surface area (Å²) in [5.41, 5.74) is 3.73. The van der Waals surface area contributed by atoms with Gasteiger partial charge < -0.3 is 5.11 Å². The van der Waals surface area contributed by atoms with Gasteiger partial charge in [-0.2, -0.15) is 0 Å². The Morgan fingerprint density at radius 3 is 2.20 bits per heavy atom. The lowest BCUT2D eigenvalue weighted by atomic mass is 10.1. The first-order valence-corrected chi connectivity index (χ1v) is 5.62. The highest BCUT2D eigenvalue weighted by molar-refractivity contribution is 5.04. The Balaban J connectivity index is 3.70. The molecule has 0 fully saturated rings. The lowest BCUT2D eigenvalue weighted by Crippen LogP contribution is -1.87. The summed E-state index contributed by atoms with van der Waals surface area (Å²) in [5.74, 6) is 0. The molecular formula is C14H24O. The Labute approximate surface area is 94.2 Å². The molecule has 0 saturated heterocycles. The van der Waals surface area contributed by atoms with E-state index in [1.807, 2.05) is 0 Å².